The van der Waals surface area contributed by atoms with Gasteiger partial charge in [0.25, 0.3) is 5.78 Å². The minimum Gasteiger partial charge on any atom is -0.352 e. The van der Waals surface area contributed by atoms with Crippen molar-refractivity contribution in [1.29, 1.82) is 0 Å². The predicted molar refractivity (Wildman–Crippen MR) is 78.8 cm³/mol. The van der Waals surface area contributed by atoms with E-state index in [1.165, 1.54) is 32.1 Å². The van der Waals surface area contributed by atoms with E-state index in [1.807, 2.05) is 11.4 Å². The summed E-state index contributed by atoms with van der Waals surface area (Å²) in [5.41, 5.74) is 6.80. The molecule has 0 aromatic carbocycles. The summed E-state index contributed by atoms with van der Waals surface area (Å²) in [5, 5.41) is 4.32. The van der Waals surface area contributed by atoms with Gasteiger partial charge in [0.2, 0.25) is 0 Å². The van der Waals surface area contributed by atoms with E-state index in [1.54, 1.807) is 6.33 Å². The maximum Gasteiger partial charge on any atom is 0.254 e. The molecule has 3 rings (SSSR count). The van der Waals surface area contributed by atoms with Gasteiger partial charge in [-0.2, -0.15) is 14.6 Å². The van der Waals surface area contributed by atoms with Crippen molar-refractivity contribution < 1.29 is 0 Å². The largest absolute Gasteiger partial charge is 0.352 e. The lowest BCUT2D eigenvalue weighted by Crippen LogP contribution is -2.41. The number of nitrogens with two attached hydrogens (primary N) is 1. The summed E-state index contributed by atoms with van der Waals surface area (Å²) < 4.78 is 1.83. The van der Waals surface area contributed by atoms with Crippen molar-refractivity contribution in [2.24, 2.45) is 5.73 Å². The summed E-state index contributed by atoms with van der Waals surface area (Å²) in [4.78, 5) is 11.0. The topological polar surface area (TPSA) is 72.3 Å². The molecule has 1 saturated carbocycles. The fraction of sp³-hybridized carbons (Fsp3) is 0.643. The third-order valence-electron chi connectivity index (χ3n) is 4.04. The van der Waals surface area contributed by atoms with Crippen LogP contribution in [0.15, 0.2) is 12.4 Å². The fourth-order valence-corrected chi connectivity index (χ4v) is 3.13. The Morgan fingerprint density at radius 2 is 2.15 bits per heavy atom. The number of aromatic nitrogens is 4. The Labute approximate surface area is 119 Å². The fourth-order valence-electron chi connectivity index (χ4n) is 3.13. The summed E-state index contributed by atoms with van der Waals surface area (Å²) in [6, 6.07) is 2.65. The molecule has 2 heterocycles. The monoisotopic (exact) mass is 274 g/mol. The van der Waals surface area contributed by atoms with Crippen molar-refractivity contribution >= 4 is 11.6 Å². The lowest BCUT2D eigenvalue weighted by molar-refractivity contribution is 0.412. The standard InChI is InChI=1S/C14H22N6/c1-11-9-13(20-14(18-11)16-10-17-20)19(8-7-15)12-5-3-2-4-6-12/h9-10,12H,2-8,15H2,1H3. The lowest BCUT2D eigenvalue weighted by atomic mass is 9.94. The average molecular weight is 274 g/mol. The molecule has 0 bridgehead atoms. The van der Waals surface area contributed by atoms with Crippen molar-refractivity contribution in [2.75, 3.05) is 18.0 Å². The summed E-state index contributed by atoms with van der Waals surface area (Å²) in [5.74, 6) is 1.74. The van der Waals surface area contributed by atoms with Crippen molar-refractivity contribution in [3.05, 3.63) is 18.1 Å². The van der Waals surface area contributed by atoms with Gasteiger partial charge in [-0.3, -0.25) is 0 Å². The molecule has 0 atom stereocenters. The summed E-state index contributed by atoms with van der Waals surface area (Å²) in [6.45, 7) is 3.50. The van der Waals surface area contributed by atoms with Crippen LogP contribution in [0.3, 0.4) is 0 Å². The highest BCUT2D eigenvalue weighted by Crippen LogP contribution is 2.27. The van der Waals surface area contributed by atoms with Gasteiger partial charge in [-0.15, -0.1) is 0 Å². The maximum atomic E-state index is 5.83. The Bertz CT molecular complexity index is 572. The van der Waals surface area contributed by atoms with Crippen molar-refractivity contribution in [3.8, 4) is 0 Å². The minimum absolute atomic E-state index is 0.557. The molecule has 0 unspecified atom stereocenters. The maximum absolute atomic E-state index is 5.83. The van der Waals surface area contributed by atoms with E-state index in [2.05, 4.69) is 26.0 Å². The van der Waals surface area contributed by atoms with Crippen molar-refractivity contribution in [1.82, 2.24) is 19.6 Å². The summed E-state index contributed by atoms with van der Waals surface area (Å²) in [6.07, 6.45) is 7.98. The first-order chi connectivity index (χ1) is 9.79. The molecule has 0 spiro atoms. The molecule has 0 aliphatic heterocycles. The summed E-state index contributed by atoms with van der Waals surface area (Å²) in [7, 11) is 0. The molecule has 20 heavy (non-hydrogen) atoms. The zero-order valence-corrected chi connectivity index (χ0v) is 12.0. The molecule has 6 heteroatoms. The molecule has 108 valence electrons. The molecule has 2 aromatic rings. The Morgan fingerprint density at radius 1 is 1.35 bits per heavy atom. The second kappa shape index (κ2) is 5.75. The smallest absolute Gasteiger partial charge is 0.254 e. The predicted octanol–water partition coefficient (Wildman–Crippen LogP) is 1.53. The Kier molecular flexibility index (Phi) is 3.82. The number of fused-ring (bicyclic) bond motifs is 1. The van der Waals surface area contributed by atoms with Gasteiger partial charge in [0.1, 0.15) is 12.1 Å². The van der Waals surface area contributed by atoms with E-state index < -0.39 is 0 Å². The van der Waals surface area contributed by atoms with Crippen LogP contribution < -0.4 is 10.6 Å². The van der Waals surface area contributed by atoms with E-state index in [0.29, 0.717) is 18.4 Å². The highest BCUT2D eigenvalue weighted by molar-refractivity contribution is 5.48. The molecule has 0 amide bonds. The van der Waals surface area contributed by atoms with Crippen LogP contribution in [0.5, 0.6) is 0 Å². The lowest BCUT2D eigenvalue weighted by Gasteiger charge is -2.35. The van der Waals surface area contributed by atoms with Gasteiger partial charge in [-0.05, 0) is 19.8 Å². The van der Waals surface area contributed by atoms with Crippen LogP contribution >= 0.6 is 0 Å². The Balaban J connectivity index is 2.01. The van der Waals surface area contributed by atoms with Gasteiger partial charge < -0.3 is 10.6 Å². The van der Waals surface area contributed by atoms with E-state index in [4.69, 9.17) is 5.73 Å². The molecule has 0 radical (unpaired) electrons. The zero-order valence-electron chi connectivity index (χ0n) is 12.0. The van der Waals surface area contributed by atoms with Crippen LogP contribution in [0.4, 0.5) is 5.82 Å². The third-order valence-corrected chi connectivity index (χ3v) is 4.04. The highest BCUT2D eigenvalue weighted by Gasteiger charge is 2.23. The van der Waals surface area contributed by atoms with E-state index in [9.17, 15) is 0 Å². The highest BCUT2D eigenvalue weighted by atomic mass is 15.4. The normalized spacial score (nSPS) is 16.7. The number of rotatable bonds is 4. The molecule has 2 N–H and O–H groups in total. The molecule has 1 aliphatic carbocycles. The van der Waals surface area contributed by atoms with Crippen molar-refractivity contribution in [2.45, 2.75) is 45.1 Å². The van der Waals surface area contributed by atoms with E-state index in [-0.39, 0.29) is 0 Å². The Morgan fingerprint density at radius 3 is 2.90 bits per heavy atom. The van der Waals surface area contributed by atoms with Gasteiger partial charge in [0.05, 0.1) is 0 Å². The molecular weight excluding hydrogens is 252 g/mol. The van der Waals surface area contributed by atoms with Crippen LogP contribution in [0.25, 0.3) is 5.78 Å². The number of hydrogen-bond donors (Lipinski definition) is 1. The SMILES string of the molecule is Cc1cc(N(CCN)C2CCCCC2)n2ncnc2n1. The van der Waals surface area contributed by atoms with Gasteiger partial charge in [0.15, 0.2) is 0 Å². The average Bonchev–Trinajstić information content (AvgIpc) is 2.93. The first-order valence-corrected chi connectivity index (χ1v) is 7.43. The second-order valence-corrected chi connectivity index (χ2v) is 5.50. The van der Waals surface area contributed by atoms with Crippen LogP contribution in [0, 0.1) is 6.92 Å². The van der Waals surface area contributed by atoms with Gasteiger partial charge in [-0.1, -0.05) is 19.3 Å². The molecule has 2 aromatic heterocycles. The van der Waals surface area contributed by atoms with Crippen LogP contribution in [0.2, 0.25) is 0 Å². The van der Waals surface area contributed by atoms with E-state index in [0.717, 1.165) is 18.1 Å². The quantitative estimate of drug-likeness (QED) is 0.915. The zero-order chi connectivity index (χ0) is 13.9. The molecule has 1 aliphatic rings. The van der Waals surface area contributed by atoms with Crippen LogP contribution in [-0.2, 0) is 0 Å². The third kappa shape index (κ3) is 2.47. The number of aryl methyl sites for hydroxylation is 1. The second-order valence-electron chi connectivity index (χ2n) is 5.50. The number of anilines is 1. The first kappa shape index (κ1) is 13.3. The van der Waals surface area contributed by atoms with Crippen LogP contribution in [-0.4, -0.2) is 38.7 Å². The summed E-state index contributed by atoms with van der Waals surface area (Å²) >= 11 is 0. The molecular formula is C14H22N6. The number of hydrogen-bond acceptors (Lipinski definition) is 5. The Hall–Kier alpha value is -1.69. The first-order valence-electron chi connectivity index (χ1n) is 7.43. The molecule has 0 saturated heterocycles. The van der Waals surface area contributed by atoms with Crippen molar-refractivity contribution in [3.63, 3.8) is 0 Å². The van der Waals surface area contributed by atoms with Gasteiger partial charge in [-0.25, -0.2) is 4.98 Å². The van der Waals surface area contributed by atoms with Crippen LogP contribution in [0.1, 0.15) is 37.8 Å². The van der Waals surface area contributed by atoms with E-state index >= 15 is 0 Å². The van der Waals surface area contributed by atoms with Gasteiger partial charge >= 0.3 is 0 Å². The minimum atomic E-state index is 0.557. The molecule has 1 fully saturated rings. The van der Waals surface area contributed by atoms with Gasteiger partial charge in [0, 0.05) is 30.9 Å². The molecule has 6 nitrogen and oxygen atoms in total. The number of nitrogens with zero attached hydrogens (tertiary/aromatic N) is 5.